The minimum atomic E-state index is -0.646. The Labute approximate surface area is 189 Å². The summed E-state index contributed by atoms with van der Waals surface area (Å²) in [5, 5.41) is 2.85. The lowest BCUT2D eigenvalue weighted by atomic mass is 10.1. The van der Waals surface area contributed by atoms with E-state index in [1.165, 1.54) is 18.2 Å². The van der Waals surface area contributed by atoms with Gasteiger partial charge in [-0.05, 0) is 49.4 Å². The molecule has 1 aromatic heterocycles. The Kier molecular flexibility index (Phi) is 6.14. The van der Waals surface area contributed by atoms with Crippen LogP contribution in [0.4, 0.5) is 14.9 Å². The standard InChI is InChI=1S/C24H22FN3O3S/c1-3-15(2)27-13-16(17-8-4-7-11-20(17)27)12-21-23(30)28(24(31)32-21)14-22(29)26-19-10-6-5-9-18(19)25/h4-13,15H,3,14H2,1-2H3,(H,26,29). The van der Waals surface area contributed by atoms with Gasteiger partial charge in [0.1, 0.15) is 12.4 Å². The van der Waals surface area contributed by atoms with Crippen molar-refractivity contribution in [2.45, 2.75) is 26.3 Å². The Morgan fingerprint density at radius 2 is 1.88 bits per heavy atom. The number of hydrogen-bond donors (Lipinski definition) is 1. The highest BCUT2D eigenvalue weighted by Crippen LogP contribution is 2.35. The van der Waals surface area contributed by atoms with Crippen molar-refractivity contribution in [3.63, 3.8) is 0 Å². The van der Waals surface area contributed by atoms with Gasteiger partial charge in [0.05, 0.1) is 10.6 Å². The Morgan fingerprint density at radius 1 is 1.16 bits per heavy atom. The zero-order chi connectivity index (χ0) is 22.8. The molecule has 3 amide bonds. The zero-order valence-corrected chi connectivity index (χ0v) is 18.5. The molecule has 8 heteroatoms. The van der Waals surface area contributed by atoms with Crippen LogP contribution in [-0.2, 0) is 9.59 Å². The maximum atomic E-state index is 13.8. The molecule has 0 bridgehead atoms. The highest BCUT2D eigenvalue weighted by molar-refractivity contribution is 8.18. The number of imide groups is 1. The number of carbonyl (C=O) groups is 3. The van der Waals surface area contributed by atoms with E-state index >= 15 is 0 Å². The summed E-state index contributed by atoms with van der Waals surface area (Å²) in [7, 11) is 0. The number of fused-ring (bicyclic) bond motifs is 1. The van der Waals surface area contributed by atoms with Crippen LogP contribution in [0, 0.1) is 5.82 Å². The molecule has 1 N–H and O–H groups in total. The van der Waals surface area contributed by atoms with Crippen LogP contribution in [0.3, 0.4) is 0 Å². The van der Waals surface area contributed by atoms with E-state index in [4.69, 9.17) is 0 Å². The number of hydrogen-bond acceptors (Lipinski definition) is 4. The van der Waals surface area contributed by atoms with Crippen molar-refractivity contribution in [3.8, 4) is 0 Å². The number of nitrogens with zero attached hydrogens (tertiary/aromatic N) is 2. The molecule has 32 heavy (non-hydrogen) atoms. The second-order valence-corrected chi connectivity index (χ2v) is 8.56. The average molecular weight is 452 g/mol. The fraction of sp³-hybridized carbons (Fsp3) is 0.208. The van der Waals surface area contributed by atoms with Gasteiger partial charge in [-0.3, -0.25) is 19.3 Å². The first-order chi connectivity index (χ1) is 15.4. The molecule has 164 valence electrons. The second kappa shape index (κ2) is 9.00. The predicted octanol–water partition coefficient (Wildman–Crippen LogP) is 5.43. The third-order valence-corrected chi connectivity index (χ3v) is 6.35. The lowest BCUT2D eigenvalue weighted by Crippen LogP contribution is -2.36. The number of halogens is 1. The largest absolute Gasteiger partial charge is 0.344 e. The van der Waals surface area contributed by atoms with Crippen molar-refractivity contribution in [2.24, 2.45) is 0 Å². The molecular formula is C24H22FN3O3S. The summed E-state index contributed by atoms with van der Waals surface area (Å²) < 4.78 is 15.9. The summed E-state index contributed by atoms with van der Waals surface area (Å²) in [5.41, 5.74) is 1.89. The molecule has 3 aromatic rings. The van der Waals surface area contributed by atoms with Crippen molar-refractivity contribution in [3.05, 3.63) is 71.0 Å². The van der Waals surface area contributed by atoms with E-state index in [2.05, 4.69) is 23.7 Å². The van der Waals surface area contributed by atoms with Crippen molar-refractivity contribution in [1.29, 1.82) is 0 Å². The summed E-state index contributed by atoms with van der Waals surface area (Å²) in [6, 6.07) is 13.9. The molecule has 6 nitrogen and oxygen atoms in total. The van der Waals surface area contributed by atoms with E-state index in [-0.39, 0.29) is 16.6 Å². The van der Waals surface area contributed by atoms with E-state index in [0.29, 0.717) is 0 Å². The van der Waals surface area contributed by atoms with Crippen LogP contribution in [-0.4, -0.2) is 33.1 Å². The number of nitrogens with one attached hydrogen (secondary N) is 1. The van der Waals surface area contributed by atoms with Crippen molar-refractivity contribution in [2.75, 3.05) is 11.9 Å². The summed E-state index contributed by atoms with van der Waals surface area (Å²) in [6.07, 6.45) is 4.63. The van der Waals surface area contributed by atoms with Crippen LogP contribution in [0.5, 0.6) is 0 Å². The molecule has 2 aromatic carbocycles. The minimum absolute atomic E-state index is 0.00197. The third-order valence-electron chi connectivity index (χ3n) is 5.45. The first kappa shape index (κ1) is 21.8. The van der Waals surface area contributed by atoms with Gasteiger partial charge >= 0.3 is 0 Å². The Hall–Kier alpha value is -3.39. The lowest BCUT2D eigenvalue weighted by molar-refractivity contribution is -0.127. The number of rotatable bonds is 6. The summed E-state index contributed by atoms with van der Waals surface area (Å²) in [4.78, 5) is 38.7. The molecular weight excluding hydrogens is 429 g/mol. The van der Waals surface area contributed by atoms with Gasteiger partial charge in [-0.15, -0.1) is 0 Å². The van der Waals surface area contributed by atoms with Crippen LogP contribution in [0.2, 0.25) is 0 Å². The lowest BCUT2D eigenvalue weighted by Gasteiger charge is -2.12. The maximum Gasteiger partial charge on any atom is 0.294 e. The van der Waals surface area contributed by atoms with Gasteiger partial charge in [0.25, 0.3) is 11.1 Å². The van der Waals surface area contributed by atoms with E-state index < -0.39 is 29.4 Å². The van der Waals surface area contributed by atoms with Crippen molar-refractivity contribution in [1.82, 2.24) is 9.47 Å². The highest BCUT2D eigenvalue weighted by atomic mass is 32.2. The number of thioether (sulfide) groups is 1. The van der Waals surface area contributed by atoms with E-state index in [1.54, 1.807) is 12.1 Å². The third kappa shape index (κ3) is 4.18. The molecule has 1 saturated heterocycles. The second-order valence-electron chi connectivity index (χ2n) is 7.56. The maximum absolute atomic E-state index is 13.8. The summed E-state index contributed by atoms with van der Waals surface area (Å²) in [6.45, 7) is 3.75. The Bertz CT molecular complexity index is 1250. The monoisotopic (exact) mass is 451 g/mol. The topological polar surface area (TPSA) is 71.4 Å². The molecule has 0 saturated carbocycles. The molecule has 4 rings (SSSR count). The quantitative estimate of drug-likeness (QED) is 0.508. The van der Waals surface area contributed by atoms with Gasteiger partial charge in [-0.1, -0.05) is 37.3 Å². The van der Waals surface area contributed by atoms with Crippen molar-refractivity contribution >= 4 is 51.5 Å². The van der Waals surface area contributed by atoms with Crippen LogP contribution < -0.4 is 5.32 Å². The summed E-state index contributed by atoms with van der Waals surface area (Å²) >= 11 is 0.795. The molecule has 1 atom stereocenters. The van der Waals surface area contributed by atoms with Gasteiger partial charge in [0.2, 0.25) is 5.91 Å². The van der Waals surface area contributed by atoms with Crippen LogP contribution >= 0.6 is 11.8 Å². The molecule has 2 heterocycles. The fourth-order valence-electron chi connectivity index (χ4n) is 3.58. The highest BCUT2D eigenvalue weighted by Gasteiger charge is 2.36. The van der Waals surface area contributed by atoms with Gasteiger partial charge in [-0.25, -0.2) is 4.39 Å². The smallest absolute Gasteiger partial charge is 0.294 e. The molecule has 0 radical (unpaired) electrons. The number of para-hydroxylation sites is 2. The summed E-state index contributed by atoms with van der Waals surface area (Å²) in [5.74, 6) is -1.77. The normalized spacial score (nSPS) is 16.2. The van der Waals surface area contributed by atoms with Crippen molar-refractivity contribution < 1.29 is 18.8 Å². The number of anilines is 1. The van der Waals surface area contributed by atoms with Crippen LogP contribution in [0.25, 0.3) is 17.0 Å². The minimum Gasteiger partial charge on any atom is -0.344 e. The Morgan fingerprint density at radius 3 is 2.62 bits per heavy atom. The predicted molar refractivity (Wildman–Crippen MR) is 125 cm³/mol. The number of amides is 3. The SMILES string of the molecule is CCC(C)n1cc(C=C2SC(=O)N(CC(=O)Nc3ccccc3F)C2=O)c2ccccc21. The van der Waals surface area contributed by atoms with Gasteiger partial charge < -0.3 is 9.88 Å². The average Bonchev–Trinajstić information content (AvgIpc) is 3.28. The Balaban J connectivity index is 1.57. The van der Waals surface area contributed by atoms with Crippen LogP contribution in [0.1, 0.15) is 31.9 Å². The molecule has 1 fully saturated rings. The number of aromatic nitrogens is 1. The number of benzene rings is 2. The molecule has 1 aliphatic rings. The van der Waals surface area contributed by atoms with E-state index in [0.717, 1.165) is 39.5 Å². The molecule has 0 aliphatic carbocycles. The van der Waals surface area contributed by atoms with E-state index in [9.17, 15) is 18.8 Å². The van der Waals surface area contributed by atoms with E-state index in [1.807, 2.05) is 30.5 Å². The van der Waals surface area contributed by atoms with Gasteiger partial charge in [0, 0.05) is 28.7 Å². The van der Waals surface area contributed by atoms with Crippen LogP contribution in [0.15, 0.2) is 59.6 Å². The van der Waals surface area contributed by atoms with Gasteiger partial charge in [0.15, 0.2) is 0 Å². The first-order valence-corrected chi connectivity index (χ1v) is 11.1. The zero-order valence-electron chi connectivity index (χ0n) is 17.7. The van der Waals surface area contributed by atoms with Gasteiger partial charge in [-0.2, -0.15) is 0 Å². The number of carbonyl (C=O) groups excluding carboxylic acids is 3. The molecule has 1 aliphatic heterocycles. The fourth-order valence-corrected chi connectivity index (χ4v) is 4.41. The first-order valence-electron chi connectivity index (χ1n) is 10.3. The molecule has 1 unspecified atom stereocenters. The molecule has 0 spiro atoms.